The zero-order valence-corrected chi connectivity index (χ0v) is 17.0. The molecule has 3 rings (SSSR count). The molecule has 0 aliphatic heterocycles. The van der Waals surface area contributed by atoms with Crippen molar-refractivity contribution < 1.29 is 14.3 Å². The van der Waals surface area contributed by atoms with Crippen LogP contribution in [-0.2, 0) is 9.53 Å². The fourth-order valence-corrected chi connectivity index (χ4v) is 3.23. The highest BCUT2D eigenvalue weighted by Crippen LogP contribution is 2.26. The van der Waals surface area contributed by atoms with E-state index in [4.69, 9.17) is 4.74 Å². The first-order chi connectivity index (χ1) is 14.7. The lowest BCUT2D eigenvalue weighted by Crippen LogP contribution is -2.25. The van der Waals surface area contributed by atoms with Gasteiger partial charge in [0.1, 0.15) is 0 Å². The first kappa shape index (κ1) is 21.3. The van der Waals surface area contributed by atoms with Gasteiger partial charge in [0.2, 0.25) is 5.91 Å². The number of hydrogen-bond donors (Lipinski definition) is 2. The molecule has 0 unspecified atom stereocenters. The van der Waals surface area contributed by atoms with Crippen LogP contribution in [0, 0.1) is 0 Å². The summed E-state index contributed by atoms with van der Waals surface area (Å²) in [7, 11) is 1.63. The SMILES string of the molecule is COCCCNC(=O)c1ccc(NC(=O)C(c2ccccc2)c2ccccc2)cc1. The van der Waals surface area contributed by atoms with E-state index >= 15 is 0 Å². The average molecular weight is 402 g/mol. The Kier molecular flexibility index (Phi) is 7.75. The van der Waals surface area contributed by atoms with Crippen LogP contribution in [0.15, 0.2) is 84.9 Å². The Labute approximate surface area is 177 Å². The van der Waals surface area contributed by atoms with Crippen molar-refractivity contribution in [2.75, 3.05) is 25.6 Å². The van der Waals surface area contributed by atoms with Crippen molar-refractivity contribution in [1.29, 1.82) is 0 Å². The summed E-state index contributed by atoms with van der Waals surface area (Å²) >= 11 is 0. The summed E-state index contributed by atoms with van der Waals surface area (Å²) in [4.78, 5) is 25.3. The maximum Gasteiger partial charge on any atom is 0.251 e. The smallest absolute Gasteiger partial charge is 0.251 e. The van der Waals surface area contributed by atoms with E-state index in [2.05, 4.69) is 10.6 Å². The zero-order valence-electron chi connectivity index (χ0n) is 17.0. The highest BCUT2D eigenvalue weighted by Gasteiger charge is 2.22. The Morgan fingerprint density at radius 3 is 1.93 bits per heavy atom. The molecule has 0 radical (unpaired) electrons. The lowest BCUT2D eigenvalue weighted by molar-refractivity contribution is -0.116. The van der Waals surface area contributed by atoms with Crippen molar-refractivity contribution in [1.82, 2.24) is 5.32 Å². The molecule has 3 aromatic rings. The molecule has 0 heterocycles. The Morgan fingerprint density at radius 1 is 0.833 bits per heavy atom. The molecule has 0 aliphatic rings. The van der Waals surface area contributed by atoms with Crippen LogP contribution in [0.4, 0.5) is 5.69 Å². The van der Waals surface area contributed by atoms with Gasteiger partial charge in [-0.25, -0.2) is 0 Å². The second-order valence-electron chi connectivity index (χ2n) is 6.92. The first-order valence-electron chi connectivity index (χ1n) is 9.97. The molecule has 0 fully saturated rings. The summed E-state index contributed by atoms with van der Waals surface area (Å²) in [6.07, 6.45) is 0.761. The summed E-state index contributed by atoms with van der Waals surface area (Å²) in [5.41, 5.74) is 3.04. The largest absolute Gasteiger partial charge is 0.385 e. The van der Waals surface area contributed by atoms with E-state index in [1.54, 1.807) is 31.4 Å². The van der Waals surface area contributed by atoms with E-state index in [0.717, 1.165) is 17.5 Å². The summed E-state index contributed by atoms with van der Waals surface area (Å²) in [6.45, 7) is 1.16. The van der Waals surface area contributed by atoms with Gasteiger partial charge in [-0.15, -0.1) is 0 Å². The molecule has 5 nitrogen and oxygen atoms in total. The van der Waals surface area contributed by atoms with Crippen LogP contribution in [0.3, 0.4) is 0 Å². The maximum atomic E-state index is 13.1. The number of rotatable bonds is 9. The topological polar surface area (TPSA) is 67.4 Å². The number of methoxy groups -OCH3 is 1. The average Bonchev–Trinajstić information content (AvgIpc) is 2.79. The second-order valence-corrected chi connectivity index (χ2v) is 6.92. The maximum absolute atomic E-state index is 13.1. The van der Waals surface area contributed by atoms with Crippen molar-refractivity contribution in [3.63, 3.8) is 0 Å². The predicted octanol–water partition coefficient (Wildman–Crippen LogP) is 4.22. The molecule has 0 aromatic heterocycles. The Hall–Kier alpha value is -3.44. The van der Waals surface area contributed by atoms with Gasteiger partial charge in [-0.2, -0.15) is 0 Å². The van der Waals surface area contributed by atoms with Gasteiger partial charge in [-0.3, -0.25) is 9.59 Å². The van der Waals surface area contributed by atoms with Gasteiger partial charge in [0.05, 0.1) is 5.92 Å². The molecule has 0 bridgehead atoms. The van der Waals surface area contributed by atoms with Gasteiger partial charge in [-0.1, -0.05) is 60.7 Å². The lowest BCUT2D eigenvalue weighted by Gasteiger charge is -2.18. The quantitative estimate of drug-likeness (QED) is 0.527. The number of amides is 2. The second kappa shape index (κ2) is 10.9. The molecule has 0 saturated heterocycles. The summed E-state index contributed by atoms with van der Waals surface area (Å²) < 4.78 is 4.97. The van der Waals surface area contributed by atoms with Crippen LogP contribution in [0.1, 0.15) is 33.8 Å². The first-order valence-corrected chi connectivity index (χ1v) is 9.97. The molecule has 2 N–H and O–H groups in total. The van der Waals surface area contributed by atoms with Crippen LogP contribution in [0.2, 0.25) is 0 Å². The third-order valence-electron chi connectivity index (χ3n) is 4.75. The minimum absolute atomic E-state index is 0.121. The van der Waals surface area contributed by atoms with Gasteiger partial charge in [0.15, 0.2) is 0 Å². The molecule has 5 heteroatoms. The minimum atomic E-state index is -0.420. The number of carbonyl (C=O) groups is 2. The number of nitrogens with one attached hydrogen (secondary N) is 2. The normalized spacial score (nSPS) is 10.6. The van der Waals surface area contributed by atoms with E-state index in [1.165, 1.54) is 0 Å². The molecule has 0 saturated carbocycles. The Morgan fingerprint density at radius 2 is 1.40 bits per heavy atom. The van der Waals surface area contributed by atoms with Crippen LogP contribution < -0.4 is 10.6 Å². The van der Waals surface area contributed by atoms with Crippen molar-refractivity contribution in [2.24, 2.45) is 0 Å². The molecule has 30 heavy (non-hydrogen) atoms. The van der Waals surface area contributed by atoms with Crippen molar-refractivity contribution in [3.8, 4) is 0 Å². The Balaban J connectivity index is 1.69. The van der Waals surface area contributed by atoms with Gasteiger partial charge in [0.25, 0.3) is 5.91 Å². The molecule has 154 valence electrons. The molecule has 0 spiro atoms. The third-order valence-corrected chi connectivity index (χ3v) is 4.75. The fraction of sp³-hybridized carbons (Fsp3) is 0.200. The number of benzene rings is 3. The van der Waals surface area contributed by atoms with Crippen LogP contribution in [0.5, 0.6) is 0 Å². The van der Waals surface area contributed by atoms with Crippen LogP contribution >= 0.6 is 0 Å². The number of ether oxygens (including phenoxy) is 1. The summed E-state index contributed by atoms with van der Waals surface area (Å²) in [5, 5.41) is 5.83. The van der Waals surface area contributed by atoms with E-state index in [9.17, 15) is 9.59 Å². The number of anilines is 1. The van der Waals surface area contributed by atoms with E-state index in [1.807, 2.05) is 60.7 Å². The fourth-order valence-electron chi connectivity index (χ4n) is 3.23. The van der Waals surface area contributed by atoms with Gasteiger partial charge < -0.3 is 15.4 Å². The lowest BCUT2D eigenvalue weighted by atomic mass is 9.90. The highest BCUT2D eigenvalue weighted by molar-refractivity contribution is 5.99. The third kappa shape index (κ3) is 5.78. The van der Waals surface area contributed by atoms with Crippen molar-refractivity contribution in [3.05, 3.63) is 102 Å². The van der Waals surface area contributed by atoms with E-state index < -0.39 is 5.92 Å². The standard InChI is InChI=1S/C25H26N2O3/c1-30-18-8-17-26-24(28)21-13-15-22(16-14-21)27-25(29)23(19-9-4-2-5-10-19)20-11-6-3-7-12-20/h2-7,9-16,23H,8,17-18H2,1H3,(H,26,28)(H,27,29). The summed E-state index contributed by atoms with van der Waals surface area (Å²) in [5.74, 6) is -0.684. The van der Waals surface area contributed by atoms with E-state index in [0.29, 0.717) is 24.4 Å². The number of hydrogen-bond acceptors (Lipinski definition) is 3. The van der Waals surface area contributed by atoms with Crippen LogP contribution in [-0.4, -0.2) is 32.1 Å². The molecule has 0 atom stereocenters. The zero-order chi connectivity index (χ0) is 21.2. The molecular weight excluding hydrogens is 376 g/mol. The van der Waals surface area contributed by atoms with Crippen LogP contribution in [0.25, 0.3) is 0 Å². The predicted molar refractivity (Wildman–Crippen MR) is 119 cm³/mol. The molecule has 3 aromatic carbocycles. The highest BCUT2D eigenvalue weighted by atomic mass is 16.5. The minimum Gasteiger partial charge on any atom is -0.385 e. The monoisotopic (exact) mass is 402 g/mol. The Bertz CT molecular complexity index is 902. The number of carbonyl (C=O) groups excluding carboxylic acids is 2. The van der Waals surface area contributed by atoms with Gasteiger partial charge in [0, 0.05) is 31.5 Å². The summed E-state index contributed by atoms with van der Waals surface area (Å²) in [6, 6.07) is 26.3. The van der Waals surface area contributed by atoms with Gasteiger partial charge in [-0.05, 0) is 41.8 Å². The van der Waals surface area contributed by atoms with Crippen molar-refractivity contribution in [2.45, 2.75) is 12.3 Å². The van der Waals surface area contributed by atoms with E-state index in [-0.39, 0.29) is 11.8 Å². The molecule has 2 amide bonds. The molecular formula is C25H26N2O3. The van der Waals surface area contributed by atoms with Crippen molar-refractivity contribution >= 4 is 17.5 Å². The molecule has 0 aliphatic carbocycles. The van der Waals surface area contributed by atoms with Gasteiger partial charge >= 0.3 is 0 Å².